The molecule has 1 heterocycles. The third kappa shape index (κ3) is 0.883. The summed E-state index contributed by atoms with van der Waals surface area (Å²) in [5, 5.41) is 10.1. The maximum atomic E-state index is 10.1. The van der Waals surface area contributed by atoms with Crippen LogP contribution in [0.1, 0.15) is 10.4 Å². The molecule has 0 amide bonds. The van der Waals surface area contributed by atoms with E-state index in [1.165, 1.54) is 12.4 Å². The Morgan fingerprint density at radius 2 is 2.30 bits per heavy atom. The summed E-state index contributed by atoms with van der Waals surface area (Å²) in [4.78, 5) is 22.0. The normalized spacial score (nSPS) is 9.20. The molecule has 0 aliphatic heterocycles. The number of aromatic nitrogens is 1. The van der Waals surface area contributed by atoms with Gasteiger partial charge in [0.2, 0.25) is 0 Å². The van der Waals surface area contributed by atoms with Crippen LogP contribution in [0.2, 0.25) is 0 Å². The molecule has 1 N–H and O–H groups in total. The summed E-state index contributed by atoms with van der Waals surface area (Å²) >= 11 is 0. The van der Waals surface area contributed by atoms with Crippen molar-refractivity contribution in [3.8, 4) is 0 Å². The van der Waals surface area contributed by atoms with Crippen molar-refractivity contribution in [2.75, 3.05) is 0 Å². The van der Waals surface area contributed by atoms with Crippen LogP contribution in [0, 0.1) is 10.1 Å². The van der Waals surface area contributed by atoms with Gasteiger partial charge in [0.15, 0.2) is 6.29 Å². The zero-order chi connectivity index (χ0) is 7.56. The number of nitrogens with zero attached hydrogens (tertiary/aromatic N) is 1. The lowest BCUT2D eigenvalue weighted by molar-refractivity contribution is -0.384. The SMILES string of the molecule is O=Cc1c[nH]cc1[N+](=O)[O-]. The first kappa shape index (κ1) is 6.47. The van der Waals surface area contributed by atoms with Crippen LogP contribution in [0.5, 0.6) is 0 Å². The molecule has 0 aliphatic rings. The minimum atomic E-state index is -0.611. The highest BCUT2D eigenvalue weighted by atomic mass is 16.6. The predicted molar refractivity (Wildman–Crippen MR) is 32.8 cm³/mol. The molecule has 10 heavy (non-hydrogen) atoms. The van der Waals surface area contributed by atoms with E-state index >= 15 is 0 Å². The van der Waals surface area contributed by atoms with Crippen LogP contribution in [0.25, 0.3) is 0 Å². The van der Waals surface area contributed by atoms with E-state index < -0.39 is 4.92 Å². The van der Waals surface area contributed by atoms with Crippen molar-refractivity contribution in [2.24, 2.45) is 0 Å². The number of aromatic amines is 1. The molecule has 0 aliphatic carbocycles. The molecule has 1 aromatic rings. The molecule has 0 fully saturated rings. The fourth-order valence-corrected chi connectivity index (χ4v) is 0.620. The fraction of sp³-hybridized carbons (Fsp3) is 0. The number of nitrogens with one attached hydrogen (secondary N) is 1. The molecular weight excluding hydrogens is 136 g/mol. The maximum absolute atomic E-state index is 10.1. The van der Waals surface area contributed by atoms with E-state index in [9.17, 15) is 14.9 Å². The molecule has 0 saturated carbocycles. The van der Waals surface area contributed by atoms with Crippen molar-refractivity contribution in [2.45, 2.75) is 0 Å². The summed E-state index contributed by atoms with van der Waals surface area (Å²) in [6.45, 7) is 0. The van der Waals surface area contributed by atoms with Crippen LogP contribution in [0.15, 0.2) is 12.4 Å². The zero-order valence-corrected chi connectivity index (χ0v) is 4.90. The number of aldehydes is 1. The Bertz CT molecular complexity index is 266. The first-order valence-electron chi connectivity index (χ1n) is 2.52. The molecule has 0 saturated heterocycles. The highest BCUT2D eigenvalue weighted by Gasteiger charge is 2.12. The topological polar surface area (TPSA) is 76.0 Å². The molecule has 0 unspecified atom stereocenters. The molecule has 52 valence electrons. The lowest BCUT2D eigenvalue weighted by atomic mass is 10.3. The van der Waals surface area contributed by atoms with E-state index in [4.69, 9.17) is 0 Å². The van der Waals surface area contributed by atoms with Gasteiger partial charge in [-0.1, -0.05) is 0 Å². The second kappa shape index (κ2) is 2.30. The second-order valence-electron chi connectivity index (χ2n) is 1.67. The third-order valence-corrected chi connectivity index (χ3v) is 1.08. The lowest BCUT2D eigenvalue weighted by Gasteiger charge is -1.82. The Labute approximate surface area is 55.8 Å². The van der Waals surface area contributed by atoms with Crippen LogP contribution in [0.4, 0.5) is 5.69 Å². The van der Waals surface area contributed by atoms with Crippen LogP contribution < -0.4 is 0 Å². The average Bonchev–Trinajstić information content (AvgIpc) is 2.33. The fourth-order valence-electron chi connectivity index (χ4n) is 0.620. The summed E-state index contributed by atoms with van der Waals surface area (Å²) in [6, 6.07) is 0. The van der Waals surface area contributed by atoms with Gasteiger partial charge in [0.05, 0.1) is 11.1 Å². The van der Waals surface area contributed by atoms with Gasteiger partial charge in [0.1, 0.15) is 5.56 Å². The molecule has 0 radical (unpaired) electrons. The van der Waals surface area contributed by atoms with Crippen LogP contribution in [-0.2, 0) is 0 Å². The molecular formula is C5H4N2O3. The summed E-state index contributed by atoms with van der Waals surface area (Å²) in [6.07, 6.45) is 2.89. The molecule has 0 atom stereocenters. The Balaban J connectivity index is 3.13. The van der Waals surface area contributed by atoms with Gasteiger partial charge in [-0.05, 0) is 0 Å². The average molecular weight is 140 g/mol. The number of hydrogen-bond donors (Lipinski definition) is 1. The van der Waals surface area contributed by atoms with Crippen molar-refractivity contribution in [3.63, 3.8) is 0 Å². The molecule has 0 bridgehead atoms. The van der Waals surface area contributed by atoms with E-state index in [2.05, 4.69) is 4.98 Å². The van der Waals surface area contributed by atoms with Crippen LogP contribution in [-0.4, -0.2) is 16.2 Å². The number of H-pyrrole nitrogens is 1. The van der Waals surface area contributed by atoms with Gasteiger partial charge in [0.25, 0.3) is 5.69 Å². The molecule has 0 aromatic carbocycles. The standard InChI is InChI=1S/C5H4N2O3/c8-3-4-1-6-2-5(4)7(9)10/h1-3,6H. The molecule has 5 heteroatoms. The third-order valence-electron chi connectivity index (χ3n) is 1.08. The first-order valence-corrected chi connectivity index (χ1v) is 2.52. The summed E-state index contributed by atoms with van der Waals surface area (Å²) in [5.41, 5.74) is -0.111. The summed E-state index contributed by atoms with van der Waals surface area (Å²) in [5.74, 6) is 0. The highest BCUT2D eigenvalue weighted by molar-refractivity contribution is 5.80. The van der Waals surface area contributed by atoms with Gasteiger partial charge in [-0.2, -0.15) is 0 Å². The largest absolute Gasteiger partial charge is 0.361 e. The minimum Gasteiger partial charge on any atom is -0.361 e. The Hall–Kier alpha value is -1.65. The lowest BCUT2D eigenvalue weighted by Crippen LogP contribution is -1.88. The second-order valence-corrected chi connectivity index (χ2v) is 1.67. The van der Waals surface area contributed by atoms with E-state index in [1.54, 1.807) is 0 Å². The van der Waals surface area contributed by atoms with Crippen molar-refractivity contribution >= 4 is 12.0 Å². The maximum Gasteiger partial charge on any atom is 0.297 e. The van der Waals surface area contributed by atoms with E-state index in [0.29, 0.717) is 6.29 Å². The summed E-state index contributed by atoms with van der Waals surface area (Å²) in [7, 11) is 0. The predicted octanol–water partition coefficient (Wildman–Crippen LogP) is 0.735. The van der Waals surface area contributed by atoms with Gasteiger partial charge in [0, 0.05) is 6.20 Å². The zero-order valence-electron chi connectivity index (χ0n) is 4.90. The van der Waals surface area contributed by atoms with Crippen LogP contribution >= 0.6 is 0 Å². The monoisotopic (exact) mass is 140 g/mol. The smallest absolute Gasteiger partial charge is 0.297 e. The Kier molecular flexibility index (Phi) is 1.49. The number of nitro groups is 1. The Morgan fingerprint density at radius 1 is 1.60 bits per heavy atom. The number of hydrogen-bond acceptors (Lipinski definition) is 3. The van der Waals surface area contributed by atoms with Crippen molar-refractivity contribution in [1.82, 2.24) is 4.98 Å². The van der Waals surface area contributed by atoms with Gasteiger partial charge in [-0.15, -0.1) is 0 Å². The minimum absolute atomic E-state index is 0.0741. The summed E-state index contributed by atoms with van der Waals surface area (Å²) < 4.78 is 0. The quantitative estimate of drug-likeness (QED) is 0.374. The molecule has 1 rings (SSSR count). The van der Waals surface area contributed by atoms with Gasteiger partial charge < -0.3 is 4.98 Å². The molecule has 0 spiro atoms. The van der Waals surface area contributed by atoms with Crippen LogP contribution in [0.3, 0.4) is 0 Å². The van der Waals surface area contributed by atoms with E-state index in [1.807, 2.05) is 0 Å². The molecule has 1 aromatic heterocycles. The number of carbonyl (C=O) groups excluding carboxylic acids is 1. The Morgan fingerprint density at radius 3 is 2.70 bits per heavy atom. The van der Waals surface area contributed by atoms with Gasteiger partial charge >= 0.3 is 0 Å². The van der Waals surface area contributed by atoms with Gasteiger partial charge in [-0.3, -0.25) is 14.9 Å². The van der Waals surface area contributed by atoms with Crippen molar-refractivity contribution in [1.29, 1.82) is 0 Å². The van der Waals surface area contributed by atoms with Crippen molar-refractivity contribution < 1.29 is 9.72 Å². The highest BCUT2D eigenvalue weighted by Crippen LogP contribution is 2.13. The first-order chi connectivity index (χ1) is 4.75. The number of rotatable bonds is 2. The van der Waals surface area contributed by atoms with Crippen molar-refractivity contribution in [3.05, 3.63) is 28.1 Å². The van der Waals surface area contributed by atoms with E-state index in [0.717, 1.165) is 0 Å². The van der Waals surface area contributed by atoms with Gasteiger partial charge in [-0.25, -0.2) is 0 Å². The van der Waals surface area contributed by atoms with E-state index in [-0.39, 0.29) is 11.3 Å². The molecule has 5 nitrogen and oxygen atoms in total. The number of carbonyl (C=O) groups is 1.